The lowest BCUT2D eigenvalue weighted by atomic mass is 10.1. The van der Waals surface area contributed by atoms with Crippen LogP contribution in [-0.4, -0.2) is 29.5 Å². The van der Waals surface area contributed by atoms with E-state index in [2.05, 4.69) is 5.32 Å². The average Bonchev–Trinajstić information content (AvgIpc) is 2.61. The molecule has 1 N–H and O–H groups in total. The Labute approximate surface area is 154 Å². The Kier molecular flexibility index (Phi) is 6.91. The summed E-state index contributed by atoms with van der Waals surface area (Å²) in [7, 11) is 0. The van der Waals surface area contributed by atoms with Crippen LogP contribution in [0.3, 0.4) is 0 Å². The fraction of sp³-hybridized carbons (Fsp3) is 0.211. The van der Waals surface area contributed by atoms with Gasteiger partial charge in [0.2, 0.25) is 0 Å². The average molecular weight is 375 g/mol. The number of rotatable bonds is 7. The van der Waals surface area contributed by atoms with Crippen molar-refractivity contribution in [2.75, 3.05) is 11.1 Å². The molecule has 0 aliphatic rings. The van der Waals surface area contributed by atoms with Crippen molar-refractivity contribution in [1.29, 1.82) is 0 Å². The molecule has 1 amide bonds. The van der Waals surface area contributed by atoms with Crippen LogP contribution in [0, 0.1) is 5.82 Å². The number of anilines is 1. The molecule has 2 aromatic rings. The summed E-state index contributed by atoms with van der Waals surface area (Å²) in [6, 6.07) is 12.6. The van der Waals surface area contributed by atoms with Gasteiger partial charge in [-0.3, -0.25) is 14.4 Å². The van der Waals surface area contributed by atoms with E-state index in [9.17, 15) is 18.8 Å². The molecule has 0 fully saturated rings. The monoisotopic (exact) mass is 375 g/mol. The predicted octanol–water partition coefficient (Wildman–Crippen LogP) is 3.69. The smallest absolute Gasteiger partial charge is 0.317 e. The molecule has 136 valence electrons. The number of hydrogen-bond acceptors (Lipinski definition) is 5. The van der Waals surface area contributed by atoms with Crippen LogP contribution in [0.2, 0.25) is 0 Å². The Balaban J connectivity index is 1.90. The minimum atomic E-state index is -1.05. The number of halogens is 1. The summed E-state index contributed by atoms with van der Waals surface area (Å²) < 4.78 is 18.6. The van der Waals surface area contributed by atoms with Crippen molar-refractivity contribution in [1.82, 2.24) is 0 Å². The maximum Gasteiger partial charge on any atom is 0.317 e. The lowest BCUT2D eigenvalue weighted by Gasteiger charge is -2.15. The topological polar surface area (TPSA) is 72.5 Å². The van der Waals surface area contributed by atoms with Crippen LogP contribution < -0.4 is 5.32 Å². The Morgan fingerprint density at radius 1 is 1.12 bits per heavy atom. The standard InChI is InChI=1S/C19H18FNO4S/c1-12(22)14-7-3-5-9-16(14)21-19(24)13(2)25-18(23)11-26-17-10-6-4-8-15(17)20/h3-10,13H,11H2,1-2H3,(H,21,24)/t13-/m1/s1. The van der Waals surface area contributed by atoms with Crippen molar-refractivity contribution < 1.29 is 23.5 Å². The molecule has 0 bridgehead atoms. The van der Waals surface area contributed by atoms with E-state index in [1.165, 1.54) is 19.9 Å². The van der Waals surface area contributed by atoms with Crippen LogP contribution in [0.25, 0.3) is 0 Å². The van der Waals surface area contributed by atoms with Gasteiger partial charge in [0.1, 0.15) is 5.82 Å². The van der Waals surface area contributed by atoms with Crippen LogP contribution >= 0.6 is 11.8 Å². The number of Topliss-reactive ketones (excluding diaryl/α,β-unsaturated/α-hetero) is 1. The first-order chi connectivity index (χ1) is 12.4. The van der Waals surface area contributed by atoms with Crippen LogP contribution in [-0.2, 0) is 14.3 Å². The number of benzene rings is 2. The minimum Gasteiger partial charge on any atom is -0.452 e. The molecule has 0 saturated heterocycles. The third-order valence-corrected chi connectivity index (χ3v) is 4.45. The van der Waals surface area contributed by atoms with Gasteiger partial charge in [-0.2, -0.15) is 0 Å². The fourth-order valence-corrected chi connectivity index (χ4v) is 2.84. The number of thioether (sulfide) groups is 1. The molecule has 2 aromatic carbocycles. The predicted molar refractivity (Wildman–Crippen MR) is 97.8 cm³/mol. The van der Waals surface area contributed by atoms with Gasteiger partial charge >= 0.3 is 5.97 Å². The van der Waals surface area contributed by atoms with Gasteiger partial charge in [-0.25, -0.2) is 4.39 Å². The number of amides is 1. The summed E-state index contributed by atoms with van der Waals surface area (Å²) in [4.78, 5) is 36.0. The van der Waals surface area contributed by atoms with Gasteiger partial charge in [-0.05, 0) is 38.1 Å². The van der Waals surface area contributed by atoms with E-state index < -0.39 is 23.8 Å². The maximum absolute atomic E-state index is 13.5. The molecule has 0 aromatic heterocycles. The number of nitrogens with one attached hydrogen (secondary N) is 1. The lowest BCUT2D eigenvalue weighted by Crippen LogP contribution is -2.31. The molecule has 7 heteroatoms. The van der Waals surface area contributed by atoms with Crippen LogP contribution in [0.5, 0.6) is 0 Å². The van der Waals surface area contributed by atoms with Gasteiger partial charge in [0.25, 0.3) is 5.91 Å². The molecule has 0 saturated carbocycles. The van der Waals surface area contributed by atoms with E-state index in [0.29, 0.717) is 16.1 Å². The number of ether oxygens (including phenoxy) is 1. The molecular weight excluding hydrogens is 357 g/mol. The van der Waals surface area contributed by atoms with Crippen molar-refractivity contribution in [3.63, 3.8) is 0 Å². The van der Waals surface area contributed by atoms with E-state index in [1.54, 1.807) is 42.5 Å². The minimum absolute atomic E-state index is 0.122. The number of para-hydroxylation sites is 1. The maximum atomic E-state index is 13.5. The molecule has 0 spiro atoms. The van der Waals surface area contributed by atoms with Crippen molar-refractivity contribution in [2.45, 2.75) is 24.8 Å². The van der Waals surface area contributed by atoms with Gasteiger partial charge in [-0.15, -0.1) is 11.8 Å². The Morgan fingerprint density at radius 3 is 2.46 bits per heavy atom. The molecule has 2 rings (SSSR count). The first-order valence-electron chi connectivity index (χ1n) is 7.86. The third kappa shape index (κ3) is 5.42. The quantitative estimate of drug-likeness (QED) is 0.454. The number of carbonyl (C=O) groups excluding carboxylic acids is 3. The van der Waals surface area contributed by atoms with Crippen LogP contribution in [0.4, 0.5) is 10.1 Å². The van der Waals surface area contributed by atoms with Crippen molar-refractivity contribution in [2.24, 2.45) is 0 Å². The first kappa shape index (κ1) is 19.7. The Morgan fingerprint density at radius 2 is 1.77 bits per heavy atom. The van der Waals surface area contributed by atoms with E-state index >= 15 is 0 Å². The molecule has 0 heterocycles. The molecule has 0 unspecified atom stereocenters. The van der Waals surface area contributed by atoms with Crippen molar-refractivity contribution >= 4 is 35.1 Å². The largest absolute Gasteiger partial charge is 0.452 e. The number of carbonyl (C=O) groups is 3. The summed E-state index contributed by atoms with van der Waals surface area (Å²) >= 11 is 0.993. The zero-order chi connectivity index (χ0) is 19.1. The van der Waals surface area contributed by atoms with Crippen molar-refractivity contribution in [3.05, 3.63) is 59.9 Å². The highest BCUT2D eigenvalue weighted by atomic mass is 32.2. The summed E-state index contributed by atoms with van der Waals surface area (Å²) in [6.45, 7) is 2.83. The second-order valence-corrected chi connectivity index (χ2v) is 6.46. The van der Waals surface area contributed by atoms with Crippen LogP contribution in [0.1, 0.15) is 24.2 Å². The van der Waals surface area contributed by atoms with E-state index in [0.717, 1.165) is 11.8 Å². The molecule has 26 heavy (non-hydrogen) atoms. The second kappa shape index (κ2) is 9.15. The highest BCUT2D eigenvalue weighted by Gasteiger charge is 2.20. The van der Waals surface area contributed by atoms with E-state index in [4.69, 9.17) is 4.74 Å². The van der Waals surface area contributed by atoms with E-state index in [1.807, 2.05) is 0 Å². The molecule has 0 radical (unpaired) electrons. The zero-order valence-electron chi connectivity index (χ0n) is 14.3. The fourth-order valence-electron chi connectivity index (χ4n) is 2.12. The van der Waals surface area contributed by atoms with Gasteiger partial charge in [0.05, 0.1) is 11.4 Å². The summed E-state index contributed by atoms with van der Waals surface area (Å²) in [5, 5.41) is 2.58. The van der Waals surface area contributed by atoms with Crippen LogP contribution in [0.15, 0.2) is 53.4 Å². The highest BCUT2D eigenvalue weighted by Crippen LogP contribution is 2.21. The van der Waals surface area contributed by atoms with Gasteiger partial charge in [-0.1, -0.05) is 24.3 Å². The lowest BCUT2D eigenvalue weighted by molar-refractivity contribution is -0.150. The molecule has 0 aliphatic carbocycles. The first-order valence-corrected chi connectivity index (χ1v) is 8.84. The molecule has 1 atom stereocenters. The Hall–Kier alpha value is -2.67. The summed E-state index contributed by atoms with van der Waals surface area (Å²) in [6.07, 6.45) is -1.05. The number of hydrogen-bond donors (Lipinski definition) is 1. The van der Waals surface area contributed by atoms with Gasteiger partial charge < -0.3 is 10.1 Å². The SMILES string of the molecule is CC(=O)c1ccccc1NC(=O)[C@@H](C)OC(=O)CSc1ccccc1F. The number of ketones is 1. The Bertz CT molecular complexity index is 825. The summed E-state index contributed by atoms with van der Waals surface area (Å²) in [5.41, 5.74) is 0.725. The van der Waals surface area contributed by atoms with Crippen molar-refractivity contribution in [3.8, 4) is 0 Å². The van der Waals surface area contributed by atoms with E-state index in [-0.39, 0.29) is 11.5 Å². The third-order valence-electron chi connectivity index (χ3n) is 3.42. The molecule has 0 aliphatic heterocycles. The zero-order valence-corrected chi connectivity index (χ0v) is 15.1. The normalized spacial score (nSPS) is 11.5. The molecule has 5 nitrogen and oxygen atoms in total. The summed E-state index contributed by atoms with van der Waals surface area (Å²) in [5.74, 6) is -1.92. The highest BCUT2D eigenvalue weighted by molar-refractivity contribution is 8.00. The van der Waals surface area contributed by atoms with Gasteiger partial charge in [0, 0.05) is 10.5 Å². The molecular formula is C19H18FNO4S. The second-order valence-electron chi connectivity index (χ2n) is 5.44. The van der Waals surface area contributed by atoms with Gasteiger partial charge in [0.15, 0.2) is 11.9 Å². The number of esters is 1.